The maximum atomic E-state index is 12.2. The Labute approximate surface area is 140 Å². The van der Waals surface area contributed by atoms with E-state index in [2.05, 4.69) is 5.32 Å². The Hall–Kier alpha value is -1.32. The molecule has 1 aliphatic heterocycles. The fraction of sp³-hybridized carbons (Fsp3) is 0.786. The van der Waals surface area contributed by atoms with Crippen molar-refractivity contribution < 1.29 is 24.2 Å². The van der Waals surface area contributed by atoms with Crippen LogP contribution >= 0.6 is 11.8 Å². The highest BCUT2D eigenvalue weighted by Crippen LogP contribution is 2.24. The van der Waals surface area contributed by atoms with Crippen molar-refractivity contribution in [1.82, 2.24) is 15.1 Å². The summed E-state index contributed by atoms with van der Waals surface area (Å²) in [5.74, 6) is -0.494. The summed E-state index contributed by atoms with van der Waals surface area (Å²) in [5.41, 5.74) is -1.85. The zero-order valence-electron chi connectivity index (χ0n) is 14.2. The average Bonchev–Trinajstić information content (AvgIpc) is 2.51. The lowest BCUT2D eigenvalue weighted by atomic mass is 9.96. The van der Waals surface area contributed by atoms with E-state index in [1.54, 1.807) is 18.7 Å². The third-order valence-corrected chi connectivity index (χ3v) is 4.43. The van der Waals surface area contributed by atoms with Gasteiger partial charge < -0.3 is 14.7 Å². The molecule has 23 heavy (non-hydrogen) atoms. The first-order valence-corrected chi connectivity index (χ1v) is 8.76. The lowest BCUT2D eigenvalue weighted by molar-refractivity contribution is -0.162. The minimum absolute atomic E-state index is 0.230. The van der Waals surface area contributed by atoms with Gasteiger partial charge in [-0.25, -0.2) is 4.79 Å². The summed E-state index contributed by atoms with van der Waals surface area (Å²) in [6, 6.07) is -1.27. The normalized spacial score (nSPS) is 26.4. The van der Waals surface area contributed by atoms with E-state index >= 15 is 0 Å². The zero-order chi connectivity index (χ0) is 17.8. The number of ether oxygens (including phenoxy) is 1. The van der Waals surface area contributed by atoms with E-state index in [0.717, 1.165) is 4.90 Å². The van der Waals surface area contributed by atoms with Crippen molar-refractivity contribution in [1.29, 1.82) is 0 Å². The number of nitrogens with one attached hydrogen (secondary N) is 1. The summed E-state index contributed by atoms with van der Waals surface area (Å²) in [4.78, 5) is 38.4. The number of thioether (sulfide) groups is 1. The third kappa shape index (κ3) is 4.15. The van der Waals surface area contributed by atoms with Crippen LogP contribution in [0.3, 0.4) is 0 Å². The van der Waals surface area contributed by atoms with Gasteiger partial charge >= 0.3 is 12.0 Å². The Morgan fingerprint density at radius 3 is 2.61 bits per heavy atom. The smallest absolute Gasteiger partial charge is 0.327 e. The van der Waals surface area contributed by atoms with Gasteiger partial charge in [0.1, 0.15) is 12.2 Å². The number of aliphatic hydroxyl groups is 1. The predicted octanol–water partition coefficient (Wildman–Crippen LogP) is -0.138. The van der Waals surface area contributed by atoms with Crippen molar-refractivity contribution in [3.05, 3.63) is 0 Å². The van der Waals surface area contributed by atoms with Crippen LogP contribution in [0.1, 0.15) is 20.3 Å². The highest BCUT2D eigenvalue weighted by atomic mass is 32.2. The molecule has 3 amide bonds. The van der Waals surface area contributed by atoms with Crippen LogP contribution < -0.4 is 5.32 Å². The van der Waals surface area contributed by atoms with Crippen LogP contribution in [0.25, 0.3) is 0 Å². The predicted molar refractivity (Wildman–Crippen MR) is 86.9 cm³/mol. The summed E-state index contributed by atoms with van der Waals surface area (Å²) < 4.78 is 5.03. The minimum Gasteiger partial charge on any atom is -0.465 e. The molecule has 0 aromatic rings. The molecule has 2 N–H and O–H groups in total. The summed E-state index contributed by atoms with van der Waals surface area (Å²) in [6.07, 6.45) is 1.35. The van der Waals surface area contributed by atoms with Crippen molar-refractivity contribution in [2.24, 2.45) is 0 Å². The number of esters is 1. The summed E-state index contributed by atoms with van der Waals surface area (Å²) in [6.45, 7) is 3.26. The Kier molecular flexibility index (Phi) is 6.84. The molecule has 0 spiro atoms. The van der Waals surface area contributed by atoms with Crippen LogP contribution in [0.4, 0.5) is 4.79 Å². The highest BCUT2D eigenvalue weighted by molar-refractivity contribution is 7.98. The van der Waals surface area contributed by atoms with Gasteiger partial charge in [-0.05, 0) is 32.3 Å². The van der Waals surface area contributed by atoms with Gasteiger partial charge in [0.05, 0.1) is 6.61 Å². The van der Waals surface area contributed by atoms with Crippen LogP contribution in [0.2, 0.25) is 0 Å². The van der Waals surface area contributed by atoms with Crippen LogP contribution in [-0.2, 0) is 14.3 Å². The second-order valence-corrected chi connectivity index (χ2v) is 6.55. The van der Waals surface area contributed by atoms with Crippen molar-refractivity contribution in [3.63, 3.8) is 0 Å². The van der Waals surface area contributed by atoms with Gasteiger partial charge in [-0.3, -0.25) is 19.8 Å². The minimum atomic E-state index is -1.85. The monoisotopic (exact) mass is 347 g/mol. The molecule has 1 heterocycles. The van der Waals surface area contributed by atoms with Gasteiger partial charge in [-0.1, -0.05) is 0 Å². The van der Waals surface area contributed by atoms with E-state index in [1.807, 2.05) is 6.26 Å². The van der Waals surface area contributed by atoms with E-state index in [0.29, 0.717) is 12.2 Å². The largest absolute Gasteiger partial charge is 0.465 e. The third-order valence-electron chi connectivity index (χ3n) is 3.79. The Balaban J connectivity index is 3.01. The number of amides is 3. The molecule has 1 saturated heterocycles. The first-order chi connectivity index (χ1) is 10.7. The van der Waals surface area contributed by atoms with Gasteiger partial charge in [-0.2, -0.15) is 11.8 Å². The molecule has 0 unspecified atom stereocenters. The molecule has 0 aromatic heterocycles. The van der Waals surface area contributed by atoms with Crippen LogP contribution in [0, 0.1) is 0 Å². The van der Waals surface area contributed by atoms with Gasteiger partial charge in [0.2, 0.25) is 0 Å². The first-order valence-electron chi connectivity index (χ1n) is 7.37. The number of likely N-dealkylation sites (N-methyl/N-ethyl adjacent to an activating group) is 2. The fourth-order valence-corrected chi connectivity index (χ4v) is 2.95. The van der Waals surface area contributed by atoms with Gasteiger partial charge in [-0.15, -0.1) is 0 Å². The number of urea groups is 1. The number of carbonyl (C=O) groups excluding carboxylic acids is 3. The van der Waals surface area contributed by atoms with E-state index in [1.165, 1.54) is 25.9 Å². The molecule has 3 atom stereocenters. The topological polar surface area (TPSA) is 99.2 Å². The van der Waals surface area contributed by atoms with Gasteiger partial charge in [0.25, 0.3) is 5.91 Å². The molecule has 0 aliphatic carbocycles. The second kappa shape index (κ2) is 7.98. The van der Waals surface area contributed by atoms with Gasteiger partial charge in [0, 0.05) is 14.1 Å². The van der Waals surface area contributed by atoms with Gasteiger partial charge in [0.15, 0.2) is 5.60 Å². The Morgan fingerprint density at radius 2 is 2.09 bits per heavy atom. The summed E-state index contributed by atoms with van der Waals surface area (Å²) >= 11 is 1.56. The maximum Gasteiger partial charge on any atom is 0.327 e. The van der Waals surface area contributed by atoms with Crippen molar-refractivity contribution in [2.45, 2.75) is 38.1 Å². The molecule has 132 valence electrons. The molecule has 0 radical (unpaired) electrons. The molecule has 8 nitrogen and oxygen atoms in total. The van der Waals surface area contributed by atoms with Crippen molar-refractivity contribution in [3.8, 4) is 0 Å². The standard InChI is InChI=1S/C14H25N3O5S/c1-6-22-10(18)9(7-8-23-5)15-11-14(2,21)12(19)17(4)13(20)16(11)3/h9,11,15,21H,6-8H2,1-5H3/t9-,11-,14-/m0/s1. The quantitative estimate of drug-likeness (QED) is 0.619. The highest BCUT2D eigenvalue weighted by Gasteiger charge is 2.52. The molecule has 1 fully saturated rings. The van der Waals surface area contributed by atoms with E-state index in [-0.39, 0.29) is 6.61 Å². The summed E-state index contributed by atoms with van der Waals surface area (Å²) in [7, 11) is 2.77. The lowest BCUT2D eigenvalue weighted by Crippen LogP contribution is -2.73. The number of hydrogen-bond acceptors (Lipinski definition) is 7. The molecule has 1 aliphatic rings. The number of imide groups is 1. The number of nitrogens with zero attached hydrogens (tertiary/aromatic N) is 2. The van der Waals surface area contributed by atoms with Crippen LogP contribution in [-0.4, -0.2) is 83.3 Å². The molecule has 9 heteroatoms. The van der Waals surface area contributed by atoms with Crippen LogP contribution in [0.5, 0.6) is 0 Å². The van der Waals surface area contributed by atoms with E-state index < -0.39 is 35.7 Å². The SMILES string of the molecule is CCOC(=O)[C@H](CCSC)N[C@H]1N(C)C(=O)N(C)C(=O)[C@@]1(C)O. The van der Waals surface area contributed by atoms with Crippen molar-refractivity contribution in [2.75, 3.05) is 32.7 Å². The lowest BCUT2D eigenvalue weighted by Gasteiger charge is -2.46. The molecular formula is C14H25N3O5S. The number of rotatable bonds is 7. The molecule has 0 saturated carbocycles. The molecular weight excluding hydrogens is 322 g/mol. The first kappa shape index (κ1) is 19.7. The molecule has 1 rings (SSSR count). The zero-order valence-corrected chi connectivity index (χ0v) is 15.0. The van der Waals surface area contributed by atoms with E-state index in [9.17, 15) is 19.5 Å². The maximum absolute atomic E-state index is 12.2. The Morgan fingerprint density at radius 1 is 1.48 bits per heavy atom. The average molecular weight is 347 g/mol. The summed E-state index contributed by atoms with van der Waals surface area (Å²) in [5, 5.41) is 13.5. The van der Waals surface area contributed by atoms with E-state index in [4.69, 9.17) is 4.74 Å². The molecule has 0 aromatic carbocycles. The van der Waals surface area contributed by atoms with Crippen molar-refractivity contribution >= 4 is 29.7 Å². The molecule has 0 bridgehead atoms. The fourth-order valence-electron chi connectivity index (χ4n) is 2.48. The Bertz CT molecular complexity index is 471. The number of carbonyl (C=O) groups is 3. The van der Waals surface area contributed by atoms with Crippen LogP contribution in [0.15, 0.2) is 0 Å². The number of hydrogen-bond donors (Lipinski definition) is 2. The second-order valence-electron chi connectivity index (χ2n) is 5.56.